The molecule has 1 amide bonds. The van der Waals surface area contributed by atoms with Crippen LogP contribution in [0, 0.1) is 18.3 Å². The van der Waals surface area contributed by atoms with E-state index in [0.29, 0.717) is 30.5 Å². The highest BCUT2D eigenvalue weighted by Crippen LogP contribution is 2.32. The second-order valence-corrected chi connectivity index (χ2v) is 10.7. The van der Waals surface area contributed by atoms with Gasteiger partial charge in [-0.1, -0.05) is 61.5 Å². The number of anilines is 1. The number of aryl methyl sites for hydroxylation is 1. The third kappa shape index (κ3) is 4.95. The minimum atomic E-state index is -0.0744. The molecule has 0 bridgehead atoms. The summed E-state index contributed by atoms with van der Waals surface area (Å²) in [5, 5.41) is 10.7. The first kappa shape index (κ1) is 27.0. The first-order valence-corrected chi connectivity index (χ1v) is 14.3. The first-order chi connectivity index (χ1) is 20.5. The van der Waals surface area contributed by atoms with Crippen LogP contribution in [0.5, 0.6) is 0 Å². The predicted molar refractivity (Wildman–Crippen MR) is 168 cm³/mol. The number of benzene rings is 4. The van der Waals surface area contributed by atoms with E-state index in [1.807, 2.05) is 85.6 Å². The summed E-state index contributed by atoms with van der Waals surface area (Å²) >= 11 is 0. The number of pyridine rings is 1. The summed E-state index contributed by atoms with van der Waals surface area (Å²) in [5.41, 5.74) is 6.48. The Morgan fingerprint density at radius 2 is 1.60 bits per heavy atom. The number of carbonyl (C=O) groups is 1. The average Bonchev–Trinajstić information content (AvgIpc) is 3.06. The van der Waals surface area contributed by atoms with Crippen LogP contribution >= 0.6 is 0 Å². The number of fused-ring (bicyclic) bond motifs is 1. The Balaban J connectivity index is 1.31. The zero-order chi connectivity index (χ0) is 29.2. The first-order valence-electron chi connectivity index (χ1n) is 14.3. The van der Waals surface area contributed by atoms with Crippen LogP contribution in [0.3, 0.4) is 0 Å². The Bertz CT molecular complexity index is 1850. The molecule has 4 aromatic carbocycles. The van der Waals surface area contributed by atoms with Crippen molar-refractivity contribution >= 4 is 22.4 Å². The van der Waals surface area contributed by atoms with Crippen LogP contribution in [0.4, 0.5) is 5.69 Å². The van der Waals surface area contributed by atoms with Crippen molar-refractivity contribution in [3.63, 3.8) is 0 Å². The Hall–Kier alpha value is -5.15. The number of piperazine rings is 1. The maximum atomic E-state index is 13.8. The molecule has 1 fully saturated rings. The van der Waals surface area contributed by atoms with E-state index >= 15 is 0 Å². The van der Waals surface area contributed by atoms with Gasteiger partial charge in [-0.05, 0) is 77.0 Å². The summed E-state index contributed by atoms with van der Waals surface area (Å²) in [4.78, 5) is 30.8. The molecule has 208 valence electrons. The molecule has 1 aromatic heterocycles. The highest BCUT2D eigenvalue weighted by molar-refractivity contribution is 5.98. The van der Waals surface area contributed by atoms with Gasteiger partial charge in [0.05, 0.1) is 17.7 Å². The van der Waals surface area contributed by atoms with Crippen molar-refractivity contribution in [1.82, 2.24) is 9.47 Å². The molecular weight excluding hydrogens is 520 g/mol. The fraction of sp³-hybridized carbons (Fsp3) is 0.194. The number of rotatable bonds is 5. The van der Waals surface area contributed by atoms with Crippen molar-refractivity contribution in [3.8, 4) is 22.9 Å². The van der Waals surface area contributed by atoms with Gasteiger partial charge < -0.3 is 9.80 Å². The molecule has 1 aliphatic rings. The third-order valence-electron chi connectivity index (χ3n) is 8.24. The van der Waals surface area contributed by atoms with Crippen molar-refractivity contribution < 1.29 is 4.79 Å². The Morgan fingerprint density at radius 3 is 2.29 bits per heavy atom. The molecule has 1 saturated heterocycles. The van der Waals surface area contributed by atoms with E-state index < -0.39 is 0 Å². The fourth-order valence-electron chi connectivity index (χ4n) is 6.06. The van der Waals surface area contributed by atoms with Crippen LogP contribution in [0.1, 0.15) is 36.1 Å². The highest BCUT2D eigenvalue weighted by Gasteiger charge is 2.31. The van der Waals surface area contributed by atoms with E-state index in [0.717, 1.165) is 45.6 Å². The molecule has 0 N–H and O–H groups in total. The quantitative estimate of drug-likeness (QED) is 0.245. The lowest BCUT2D eigenvalue weighted by Crippen LogP contribution is -2.50. The summed E-state index contributed by atoms with van der Waals surface area (Å²) in [7, 11) is 0. The Morgan fingerprint density at radius 1 is 0.881 bits per heavy atom. The summed E-state index contributed by atoms with van der Waals surface area (Å²) in [5.74, 6) is 0.173. The summed E-state index contributed by atoms with van der Waals surface area (Å²) in [6, 6.07) is 33.8. The highest BCUT2D eigenvalue weighted by atomic mass is 16.2. The van der Waals surface area contributed by atoms with Gasteiger partial charge in [-0.25, -0.2) is 0 Å². The molecule has 1 unspecified atom stereocenters. The number of hydrogen-bond acceptors (Lipinski definition) is 4. The van der Waals surface area contributed by atoms with Crippen molar-refractivity contribution in [2.24, 2.45) is 0 Å². The number of nitrogens with zero attached hydrogens (tertiary/aromatic N) is 4. The van der Waals surface area contributed by atoms with Gasteiger partial charge in [0.15, 0.2) is 0 Å². The molecule has 1 atom stereocenters. The van der Waals surface area contributed by atoms with E-state index in [1.165, 1.54) is 0 Å². The van der Waals surface area contributed by atoms with Gasteiger partial charge in [0, 0.05) is 49.0 Å². The largest absolute Gasteiger partial charge is 0.367 e. The van der Waals surface area contributed by atoms with E-state index in [1.54, 1.807) is 16.7 Å². The van der Waals surface area contributed by atoms with Crippen LogP contribution in [-0.4, -0.2) is 35.0 Å². The minimum absolute atomic E-state index is 0.0110. The van der Waals surface area contributed by atoms with Gasteiger partial charge >= 0.3 is 0 Å². The zero-order valence-electron chi connectivity index (χ0n) is 23.8. The predicted octanol–water partition coefficient (Wildman–Crippen LogP) is 6.64. The van der Waals surface area contributed by atoms with Crippen molar-refractivity contribution in [2.75, 3.05) is 24.5 Å². The van der Waals surface area contributed by atoms with Gasteiger partial charge in [0.2, 0.25) is 5.91 Å². The zero-order valence-corrected chi connectivity index (χ0v) is 23.8. The van der Waals surface area contributed by atoms with E-state index in [4.69, 9.17) is 5.26 Å². The van der Waals surface area contributed by atoms with Gasteiger partial charge in [0.25, 0.3) is 5.56 Å². The standard InChI is InChI=1S/C36H32N4O2/c1-3-34(41)39-21-20-38(24-33(39)28-8-5-4-6-9-28)29-16-18-30(19-17-29)40-23-25(2)35-31(10-7-11-32(35)36(40)42)27-14-12-26(22-37)13-15-27/h4-19,23,33H,3,20-21,24H2,1-2H3. The maximum Gasteiger partial charge on any atom is 0.262 e. The van der Waals surface area contributed by atoms with E-state index in [-0.39, 0.29) is 17.5 Å². The smallest absolute Gasteiger partial charge is 0.262 e. The van der Waals surface area contributed by atoms with Crippen LogP contribution in [0.25, 0.3) is 27.6 Å². The monoisotopic (exact) mass is 552 g/mol. The number of nitriles is 1. The molecule has 42 heavy (non-hydrogen) atoms. The lowest BCUT2D eigenvalue weighted by atomic mass is 9.96. The molecule has 6 rings (SSSR count). The molecule has 1 aliphatic heterocycles. The summed E-state index contributed by atoms with van der Waals surface area (Å²) in [6.45, 7) is 6.07. The van der Waals surface area contributed by atoms with Crippen LogP contribution in [-0.2, 0) is 4.79 Å². The van der Waals surface area contributed by atoms with Gasteiger partial charge in [0.1, 0.15) is 0 Å². The van der Waals surface area contributed by atoms with Gasteiger partial charge in [-0.2, -0.15) is 5.26 Å². The van der Waals surface area contributed by atoms with E-state index in [9.17, 15) is 9.59 Å². The van der Waals surface area contributed by atoms with Crippen molar-refractivity contribution in [1.29, 1.82) is 5.26 Å². The van der Waals surface area contributed by atoms with Crippen LogP contribution in [0.15, 0.2) is 108 Å². The maximum absolute atomic E-state index is 13.8. The van der Waals surface area contributed by atoms with Crippen LogP contribution < -0.4 is 10.5 Å². The molecule has 0 radical (unpaired) electrons. The second kappa shape index (κ2) is 11.4. The van der Waals surface area contributed by atoms with Gasteiger partial charge in [-0.15, -0.1) is 0 Å². The molecular formula is C36H32N4O2. The normalized spacial score (nSPS) is 15.0. The number of aromatic nitrogens is 1. The topological polar surface area (TPSA) is 69.3 Å². The molecule has 6 heteroatoms. The SMILES string of the molecule is CCC(=O)N1CCN(c2ccc(-n3cc(C)c4c(-c5ccc(C#N)cc5)cccc4c3=O)cc2)CC1c1ccccc1. The third-order valence-corrected chi connectivity index (χ3v) is 8.24. The van der Waals surface area contributed by atoms with E-state index in [2.05, 4.69) is 35.2 Å². The van der Waals surface area contributed by atoms with Crippen LogP contribution in [0.2, 0.25) is 0 Å². The molecule has 0 saturated carbocycles. The number of carbonyl (C=O) groups excluding carboxylic acids is 1. The summed E-state index contributed by atoms with van der Waals surface area (Å²) < 4.78 is 1.72. The average molecular weight is 553 g/mol. The second-order valence-electron chi connectivity index (χ2n) is 10.7. The lowest BCUT2D eigenvalue weighted by Gasteiger charge is -2.42. The Labute approximate surface area is 245 Å². The number of amides is 1. The Kier molecular flexibility index (Phi) is 7.33. The lowest BCUT2D eigenvalue weighted by molar-refractivity contribution is -0.133. The van der Waals surface area contributed by atoms with Gasteiger partial charge in [-0.3, -0.25) is 14.2 Å². The summed E-state index contributed by atoms with van der Waals surface area (Å²) in [6.07, 6.45) is 2.40. The molecule has 5 aromatic rings. The van der Waals surface area contributed by atoms with Crippen molar-refractivity contribution in [3.05, 3.63) is 130 Å². The van der Waals surface area contributed by atoms with Crippen molar-refractivity contribution in [2.45, 2.75) is 26.3 Å². The number of hydrogen-bond donors (Lipinski definition) is 0. The minimum Gasteiger partial charge on any atom is -0.367 e. The molecule has 0 spiro atoms. The molecule has 0 aliphatic carbocycles. The molecule has 2 heterocycles. The molecule has 6 nitrogen and oxygen atoms in total. The fourth-order valence-corrected chi connectivity index (χ4v) is 6.06.